The molecule has 14 heteroatoms. The molecule has 9 nitrogen and oxygen atoms in total. The number of rotatable bonds is 10. The summed E-state index contributed by atoms with van der Waals surface area (Å²) in [4.78, 5) is 31.8. The average Bonchev–Trinajstić information content (AvgIpc) is 3.70. The van der Waals surface area contributed by atoms with Crippen molar-refractivity contribution in [3.05, 3.63) is 70.6 Å². The third-order valence-electron chi connectivity index (χ3n) is 7.57. The fourth-order valence-electron chi connectivity index (χ4n) is 5.02. The molecule has 0 saturated heterocycles. The van der Waals surface area contributed by atoms with E-state index in [1.54, 1.807) is 27.1 Å². The smallest absolute Gasteiger partial charge is 0.385 e. The van der Waals surface area contributed by atoms with Gasteiger partial charge in [0.2, 0.25) is 20.9 Å². The number of carbonyl (C=O) groups is 2. The number of amides is 2. The highest BCUT2D eigenvalue weighted by Gasteiger charge is 2.71. The van der Waals surface area contributed by atoms with Gasteiger partial charge >= 0.3 is 6.09 Å². The van der Waals surface area contributed by atoms with E-state index in [4.69, 9.17) is 9.47 Å². The molecule has 1 aliphatic heterocycles. The summed E-state index contributed by atoms with van der Waals surface area (Å²) in [5, 5.41) is 0.966. The monoisotopic (exact) mass is 665 g/mol. The number of fused-ring (bicyclic) bond motifs is 1. The molecule has 1 aliphatic carbocycles. The third kappa shape index (κ3) is 7.24. The molecule has 0 aromatic heterocycles. The van der Waals surface area contributed by atoms with Gasteiger partial charge in [0.1, 0.15) is 17.3 Å². The van der Waals surface area contributed by atoms with E-state index < -0.39 is 51.2 Å². The summed E-state index contributed by atoms with van der Waals surface area (Å²) in [7, 11) is -2.53. The molecule has 1 saturated carbocycles. The number of alkyl carbamates (subject to hydrolysis) is 1. The first-order valence-electron chi connectivity index (χ1n) is 14.0. The van der Waals surface area contributed by atoms with Gasteiger partial charge in [0.15, 0.2) is 0 Å². The van der Waals surface area contributed by atoms with Crippen molar-refractivity contribution in [2.75, 3.05) is 27.4 Å². The van der Waals surface area contributed by atoms with Gasteiger partial charge in [-0.3, -0.25) is 10.1 Å². The maximum atomic E-state index is 15.5. The number of hydrogen-bond acceptors (Lipinski definition) is 8. The Balaban J connectivity index is 1.63. The van der Waals surface area contributed by atoms with Gasteiger partial charge in [-0.15, -0.1) is 0 Å². The Morgan fingerprint density at radius 3 is 2.50 bits per heavy atom. The van der Waals surface area contributed by atoms with Crippen LogP contribution in [0, 0.1) is 11.7 Å². The Labute approximate surface area is 262 Å². The summed E-state index contributed by atoms with van der Waals surface area (Å²) >= 11 is 1.01. The Hall–Kier alpha value is -3.07. The molecule has 3 atom stereocenters. The van der Waals surface area contributed by atoms with Crippen molar-refractivity contribution in [1.29, 1.82) is 0 Å². The van der Waals surface area contributed by atoms with Gasteiger partial charge in [-0.05, 0) is 67.1 Å². The predicted octanol–water partition coefficient (Wildman–Crippen LogP) is 5.77. The maximum absolute atomic E-state index is 15.5. The van der Waals surface area contributed by atoms with Crippen LogP contribution in [0.3, 0.4) is 0 Å². The summed E-state index contributed by atoms with van der Waals surface area (Å²) in [5.74, 6) is -1.42. The van der Waals surface area contributed by atoms with Crippen molar-refractivity contribution in [2.45, 2.75) is 54.2 Å². The van der Waals surface area contributed by atoms with Crippen LogP contribution in [-0.2, 0) is 29.6 Å². The van der Waals surface area contributed by atoms with E-state index in [0.717, 1.165) is 29.9 Å². The third-order valence-corrected chi connectivity index (χ3v) is 12.1. The molecule has 4 rings (SSSR count). The summed E-state index contributed by atoms with van der Waals surface area (Å²) in [6.07, 6.45) is 0.288. The number of halogens is 2. The minimum Gasteiger partial charge on any atom is -0.385 e. The number of ether oxygens (including phenoxy) is 2. The molecular formula is C30H37F2N3O6S2Si. The van der Waals surface area contributed by atoms with E-state index in [2.05, 4.69) is 30.0 Å². The molecule has 2 aromatic rings. The molecule has 0 bridgehead atoms. The first kappa shape index (κ1) is 33.8. The zero-order valence-electron chi connectivity index (χ0n) is 25.5. The molecule has 2 aliphatic rings. The molecule has 0 unspecified atom stereocenters. The number of nitrogens with zero attached hydrogens (tertiary/aromatic N) is 2. The zero-order valence-corrected chi connectivity index (χ0v) is 28.2. The molecule has 0 radical (unpaired) electrons. The van der Waals surface area contributed by atoms with Crippen molar-refractivity contribution in [1.82, 2.24) is 10.2 Å². The first-order chi connectivity index (χ1) is 20.5. The van der Waals surface area contributed by atoms with E-state index in [1.165, 1.54) is 41.3 Å². The summed E-state index contributed by atoms with van der Waals surface area (Å²) < 4.78 is 66.0. The van der Waals surface area contributed by atoms with Crippen LogP contribution >= 0.6 is 11.8 Å². The summed E-state index contributed by atoms with van der Waals surface area (Å²) in [6.45, 7) is 8.66. The largest absolute Gasteiger partial charge is 0.416 e. The number of sulfone groups is 1. The van der Waals surface area contributed by atoms with Crippen LogP contribution in [0.5, 0.6) is 0 Å². The lowest BCUT2D eigenvalue weighted by molar-refractivity contribution is -0.129. The van der Waals surface area contributed by atoms with Crippen LogP contribution in [-0.4, -0.2) is 70.8 Å². The van der Waals surface area contributed by atoms with Gasteiger partial charge in [-0.25, -0.2) is 22.6 Å². The maximum Gasteiger partial charge on any atom is 0.416 e. The fraction of sp³-hybridized carbons (Fsp3) is 0.433. The number of hydrogen-bond donors (Lipinski definition) is 1. The van der Waals surface area contributed by atoms with E-state index in [1.807, 2.05) is 0 Å². The normalized spacial score (nSPS) is 23.3. The van der Waals surface area contributed by atoms with Crippen molar-refractivity contribution < 1.29 is 36.3 Å². The quantitative estimate of drug-likeness (QED) is 0.195. The van der Waals surface area contributed by atoms with Crippen molar-refractivity contribution >= 4 is 53.0 Å². The van der Waals surface area contributed by atoms with Gasteiger partial charge in [0.25, 0.3) is 5.23 Å². The highest BCUT2D eigenvalue weighted by atomic mass is 32.2. The second kappa shape index (κ2) is 12.7. The standard InChI is InChI=1S/C30H37F2N3O6S2Si/c1-29(22-16-20(12-13-23(22)31)17-25(32)43(38,39)21-10-8-7-9-11-21)24-18-30(24,26(36)35(2)3)42-28(34-29)41-27(37)33-19-40-14-15-44(4,5)6/h7-13,16-17,24H,14-15,18-19H2,1-6H3,(H,33,37)/b25-17+/t24-,29+,30-/m0/s1. The Morgan fingerprint density at radius 1 is 1.18 bits per heavy atom. The zero-order chi connectivity index (χ0) is 32.5. The topological polar surface area (TPSA) is 114 Å². The minimum atomic E-state index is -4.43. The average molecular weight is 666 g/mol. The van der Waals surface area contributed by atoms with Gasteiger partial charge in [0.05, 0.1) is 10.4 Å². The molecule has 2 aromatic carbocycles. The Kier molecular flexibility index (Phi) is 9.79. The second-order valence-corrected chi connectivity index (χ2v) is 21.2. The molecule has 238 valence electrons. The molecule has 1 heterocycles. The number of benzene rings is 2. The number of carbonyl (C=O) groups excluding carboxylic acids is 2. The molecule has 2 amide bonds. The van der Waals surface area contributed by atoms with Crippen LogP contribution in [0.15, 0.2) is 63.6 Å². The minimum absolute atomic E-state index is 0.00563. The SMILES string of the molecule is CN(C)C(=O)[C@]12C[C@H]1[C@@](C)(c1cc(/C=C(\F)S(=O)(=O)c3ccccc3)ccc1F)N=C(OC(=O)NCOCC[Si](C)(C)C)S2. The van der Waals surface area contributed by atoms with Gasteiger partial charge in [-0.1, -0.05) is 43.9 Å². The highest BCUT2D eigenvalue weighted by molar-refractivity contribution is 8.15. The van der Waals surface area contributed by atoms with Crippen LogP contribution in [0.1, 0.15) is 24.5 Å². The molecule has 44 heavy (non-hydrogen) atoms. The predicted molar refractivity (Wildman–Crippen MR) is 170 cm³/mol. The van der Waals surface area contributed by atoms with Gasteiger partial charge < -0.3 is 14.4 Å². The molecular weight excluding hydrogens is 629 g/mol. The highest BCUT2D eigenvalue weighted by Crippen LogP contribution is 2.67. The lowest BCUT2D eigenvalue weighted by Gasteiger charge is -2.34. The lowest BCUT2D eigenvalue weighted by Crippen LogP contribution is -2.43. The Morgan fingerprint density at radius 2 is 1.86 bits per heavy atom. The van der Waals surface area contributed by atoms with Crippen LogP contribution in [0.25, 0.3) is 6.08 Å². The van der Waals surface area contributed by atoms with E-state index >= 15 is 8.78 Å². The molecule has 1 fully saturated rings. The summed E-state index contributed by atoms with van der Waals surface area (Å²) in [5.41, 5.74) is -1.32. The van der Waals surface area contributed by atoms with Gasteiger partial charge in [0, 0.05) is 40.3 Å². The number of thioether (sulfide) groups is 1. The van der Waals surface area contributed by atoms with Crippen molar-refractivity contribution in [3.8, 4) is 0 Å². The van der Waals surface area contributed by atoms with E-state index in [-0.39, 0.29) is 33.9 Å². The molecule has 1 N–H and O–H groups in total. The first-order valence-corrected chi connectivity index (χ1v) is 20.0. The second-order valence-electron chi connectivity index (χ2n) is 12.4. The fourth-order valence-corrected chi connectivity index (χ4v) is 8.37. The summed E-state index contributed by atoms with van der Waals surface area (Å²) in [6, 6.07) is 11.7. The Bertz CT molecular complexity index is 1600. The van der Waals surface area contributed by atoms with E-state index in [0.29, 0.717) is 13.0 Å². The van der Waals surface area contributed by atoms with Crippen molar-refractivity contribution in [2.24, 2.45) is 10.9 Å². The van der Waals surface area contributed by atoms with Crippen LogP contribution < -0.4 is 5.32 Å². The number of nitrogens with one attached hydrogen (secondary N) is 1. The number of aliphatic imine (C=N–C) groups is 1. The van der Waals surface area contributed by atoms with E-state index in [9.17, 15) is 18.0 Å². The van der Waals surface area contributed by atoms with Crippen LogP contribution in [0.4, 0.5) is 13.6 Å². The molecule has 0 spiro atoms. The van der Waals surface area contributed by atoms with Crippen LogP contribution in [0.2, 0.25) is 25.7 Å². The lowest BCUT2D eigenvalue weighted by atomic mass is 9.84. The van der Waals surface area contributed by atoms with Crippen molar-refractivity contribution in [3.63, 3.8) is 0 Å². The van der Waals surface area contributed by atoms with Gasteiger partial charge in [-0.2, -0.15) is 4.39 Å².